The molecule has 0 radical (unpaired) electrons. The van der Waals surface area contributed by atoms with E-state index in [-0.39, 0.29) is 48.3 Å². The molecule has 2 aromatic carbocycles. The number of benzene rings is 2. The van der Waals surface area contributed by atoms with E-state index in [1.807, 2.05) is 12.1 Å². The molecule has 4 aliphatic rings. The van der Waals surface area contributed by atoms with Gasteiger partial charge in [-0.3, -0.25) is 14.5 Å². The molecule has 1 amide bonds. The summed E-state index contributed by atoms with van der Waals surface area (Å²) in [6, 6.07) is 15.8. The quantitative estimate of drug-likeness (QED) is 0.388. The predicted molar refractivity (Wildman–Crippen MR) is 171 cm³/mol. The fourth-order valence-corrected chi connectivity index (χ4v) is 6.68. The number of nitriles is 1. The molecule has 0 spiro atoms. The third kappa shape index (κ3) is 6.89. The smallest absolute Gasteiger partial charge is 0.230 e. The molecule has 12 nitrogen and oxygen atoms in total. The maximum Gasteiger partial charge on any atom is 0.230 e. The van der Waals surface area contributed by atoms with E-state index in [0.717, 1.165) is 45.1 Å². The van der Waals surface area contributed by atoms with Crippen LogP contribution >= 0.6 is 0 Å². The van der Waals surface area contributed by atoms with Gasteiger partial charge >= 0.3 is 0 Å². The summed E-state index contributed by atoms with van der Waals surface area (Å²) in [5.74, 6) is 0.573. The number of carbonyl (C=O) groups is 2. The van der Waals surface area contributed by atoms with E-state index in [2.05, 4.69) is 48.3 Å². The van der Waals surface area contributed by atoms with Crippen LogP contribution in [0.4, 0.5) is 21.7 Å². The van der Waals surface area contributed by atoms with Gasteiger partial charge in [0.1, 0.15) is 30.0 Å². The van der Waals surface area contributed by atoms with E-state index in [1.54, 1.807) is 18.2 Å². The van der Waals surface area contributed by atoms with Crippen molar-refractivity contribution in [2.75, 3.05) is 62.7 Å². The second-order valence-electron chi connectivity index (χ2n) is 12.6. The second-order valence-corrected chi connectivity index (χ2v) is 12.6. The lowest BCUT2D eigenvalue weighted by Gasteiger charge is -2.43. The van der Waals surface area contributed by atoms with Crippen molar-refractivity contribution in [3.63, 3.8) is 0 Å². The van der Waals surface area contributed by atoms with Crippen molar-refractivity contribution in [2.24, 2.45) is 5.92 Å². The lowest BCUT2D eigenvalue weighted by molar-refractivity contribution is -0.139. The number of carbonyl (C=O) groups excluding carboxylic acids is 2. The highest BCUT2D eigenvalue weighted by molar-refractivity contribution is 5.90. The van der Waals surface area contributed by atoms with Crippen molar-refractivity contribution in [2.45, 2.75) is 44.0 Å². The van der Waals surface area contributed by atoms with Crippen molar-refractivity contribution in [1.29, 1.82) is 5.26 Å². The van der Waals surface area contributed by atoms with Crippen molar-refractivity contribution in [3.05, 3.63) is 54.4 Å². The van der Waals surface area contributed by atoms with Gasteiger partial charge in [-0.15, -0.1) is 0 Å². The molecule has 13 heteroatoms. The molecule has 1 aliphatic carbocycles. The minimum Gasteiger partial charge on any atom is -0.486 e. The Morgan fingerprint density at radius 2 is 1.85 bits per heavy atom. The summed E-state index contributed by atoms with van der Waals surface area (Å²) in [5.41, 5.74) is 2.82. The van der Waals surface area contributed by atoms with Crippen LogP contribution in [0.25, 0.3) is 11.4 Å². The normalized spacial score (nSPS) is 23.7. The van der Waals surface area contributed by atoms with E-state index < -0.39 is 12.3 Å². The zero-order chi connectivity index (χ0) is 32.3. The first kappa shape index (κ1) is 31.0. The van der Waals surface area contributed by atoms with Gasteiger partial charge in [-0.1, -0.05) is 0 Å². The Hall–Kier alpha value is -4.67. The Morgan fingerprint density at radius 3 is 2.53 bits per heavy atom. The summed E-state index contributed by atoms with van der Waals surface area (Å²) in [6.07, 6.45) is 0.667. The molecule has 1 N–H and O–H groups in total. The Morgan fingerprint density at radius 1 is 1.04 bits per heavy atom. The number of nitrogens with zero attached hydrogens (tertiary/aromatic N) is 7. The Kier molecular flexibility index (Phi) is 8.95. The first-order valence-electron chi connectivity index (χ1n) is 16.2. The summed E-state index contributed by atoms with van der Waals surface area (Å²) in [5, 5.41) is 13.1. The molecular formula is C34H37FN8O4. The summed E-state index contributed by atoms with van der Waals surface area (Å²) in [4.78, 5) is 43.9. The number of alkyl halides is 1. The maximum absolute atomic E-state index is 15.2. The Bertz CT molecular complexity index is 1650. The van der Waals surface area contributed by atoms with Gasteiger partial charge in [-0.05, 0) is 48.9 Å². The molecule has 3 aromatic rings. The van der Waals surface area contributed by atoms with Crippen LogP contribution in [0.1, 0.15) is 31.2 Å². The van der Waals surface area contributed by atoms with E-state index in [9.17, 15) is 14.9 Å². The molecule has 3 aliphatic heterocycles. The zero-order valence-electron chi connectivity index (χ0n) is 26.1. The molecule has 47 heavy (non-hydrogen) atoms. The lowest BCUT2D eigenvalue weighted by atomic mass is 10.0. The van der Waals surface area contributed by atoms with Gasteiger partial charge < -0.3 is 24.6 Å². The topological polar surface area (TPSA) is 137 Å². The number of ketones is 1. The summed E-state index contributed by atoms with van der Waals surface area (Å²) in [7, 11) is 0. The molecule has 3 atom stereocenters. The Balaban J connectivity index is 0.956. The molecule has 4 heterocycles. The number of hydrogen-bond acceptors (Lipinski definition) is 11. The van der Waals surface area contributed by atoms with Gasteiger partial charge in [0, 0.05) is 74.8 Å². The summed E-state index contributed by atoms with van der Waals surface area (Å²) < 4.78 is 26.5. The van der Waals surface area contributed by atoms with E-state index in [1.165, 1.54) is 16.9 Å². The van der Waals surface area contributed by atoms with Crippen molar-refractivity contribution < 1.29 is 23.5 Å². The van der Waals surface area contributed by atoms with Crippen LogP contribution < -0.4 is 15.0 Å². The van der Waals surface area contributed by atoms with Crippen molar-refractivity contribution in [1.82, 2.24) is 24.8 Å². The minimum absolute atomic E-state index is 0.0843. The number of aromatic nitrogens is 3. The number of likely N-dealkylation sites (tertiary alicyclic amines) is 1. The summed E-state index contributed by atoms with van der Waals surface area (Å²) >= 11 is 0. The number of Topliss-reactive ketones (excluding diaryl/α,β-unsaturated/α-hetero) is 1. The predicted octanol–water partition coefficient (Wildman–Crippen LogP) is 3.36. The van der Waals surface area contributed by atoms with E-state index >= 15 is 4.39 Å². The van der Waals surface area contributed by atoms with Gasteiger partial charge in [0.2, 0.25) is 11.9 Å². The van der Waals surface area contributed by atoms with E-state index in [0.29, 0.717) is 42.8 Å². The van der Waals surface area contributed by atoms with Crippen LogP contribution in [0.2, 0.25) is 0 Å². The largest absolute Gasteiger partial charge is 0.486 e. The number of hydrogen-bond donors (Lipinski definition) is 1. The fourth-order valence-electron chi connectivity index (χ4n) is 6.68. The standard InChI is InChI=1S/C34H37FN8O4/c35-29-18-43(33(45)23-1-7-28(44)16-23)10-9-31(29)47-30-8-2-22(15-24(30)17-36)32-37-21-38-34(40-32)39-25-3-5-26(6-4-25)41-11-13-42(14-12-41)27-19-46-20-27/h2-6,8,15,21,23,27,29,31H,1,7,9-14,16,18-20H2,(H,37,38,39,40)/t23-,29-,31?/m1/s1. The van der Waals surface area contributed by atoms with Gasteiger partial charge in [0.15, 0.2) is 12.0 Å². The molecule has 7 rings (SSSR count). The number of nitrogens with one attached hydrogen (secondary N) is 1. The zero-order valence-corrected chi connectivity index (χ0v) is 26.1. The number of piperazine rings is 1. The van der Waals surface area contributed by atoms with Crippen molar-refractivity contribution in [3.8, 4) is 23.2 Å². The number of amides is 1. The number of rotatable bonds is 8. The van der Waals surface area contributed by atoms with Gasteiger partial charge in [0.05, 0.1) is 31.4 Å². The number of piperidine rings is 1. The van der Waals surface area contributed by atoms with Crippen LogP contribution in [0.15, 0.2) is 48.8 Å². The molecule has 1 aromatic heterocycles. The summed E-state index contributed by atoms with van der Waals surface area (Å²) in [6.45, 7) is 5.96. The SMILES string of the molecule is N#Cc1cc(-c2ncnc(Nc3ccc(N4CCN(C5COC5)CC4)cc3)n2)ccc1OC1CCN(C(=O)[C@@H]2CCC(=O)C2)C[C@H]1F. The minimum atomic E-state index is -1.42. The highest BCUT2D eigenvalue weighted by Crippen LogP contribution is 2.31. The first-order valence-corrected chi connectivity index (χ1v) is 16.2. The third-order valence-electron chi connectivity index (χ3n) is 9.54. The average molecular weight is 641 g/mol. The lowest BCUT2D eigenvalue weighted by Crippen LogP contribution is -2.56. The van der Waals surface area contributed by atoms with Crippen LogP contribution in [0.5, 0.6) is 5.75 Å². The number of anilines is 3. The molecule has 244 valence electrons. The molecule has 3 saturated heterocycles. The van der Waals surface area contributed by atoms with Crippen LogP contribution in [-0.4, -0.2) is 107 Å². The van der Waals surface area contributed by atoms with Crippen LogP contribution in [0.3, 0.4) is 0 Å². The molecule has 0 bridgehead atoms. The fraction of sp³-hybridized carbons (Fsp3) is 0.471. The van der Waals surface area contributed by atoms with E-state index in [4.69, 9.17) is 9.47 Å². The number of halogens is 1. The first-order chi connectivity index (χ1) is 22.9. The molecule has 4 fully saturated rings. The highest BCUT2D eigenvalue weighted by atomic mass is 19.1. The second kappa shape index (κ2) is 13.6. The maximum atomic E-state index is 15.2. The monoisotopic (exact) mass is 640 g/mol. The number of ether oxygens (including phenoxy) is 2. The van der Waals surface area contributed by atoms with Crippen molar-refractivity contribution >= 4 is 29.0 Å². The van der Waals surface area contributed by atoms with Crippen LogP contribution in [0, 0.1) is 17.2 Å². The van der Waals surface area contributed by atoms with Gasteiger partial charge in [0.25, 0.3) is 0 Å². The van der Waals surface area contributed by atoms with Gasteiger partial charge in [-0.2, -0.15) is 10.2 Å². The van der Waals surface area contributed by atoms with Gasteiger partial charge in [-0.25, -0.2) is 14.4 Å². The molecular weight excluding hydrogens is 603 g/mol. The highest BCUT2D eigenvalue weighted by Gasteiger charge is 2.38. The molecule has 1 unspecified atom stereocenters. The average Bonchev–Trinajstić information content (AvgIpc) is 3.51. The molecule has 1 saturated carbocycles. The van der Waals surface area contributed by atoms with Crippen LogP contribution in [-0.2, 0) is 14.3 Å². The third-order valence-corrected chi connectivity index (χ3v) is 9.54. The Labute approximate surface area is 272 Å².